The third-order valence-corrected chi connectivity index (χ3v) is 8.90. The number of nitrogens with zero attached hydrogens (tertiary/aromatic N) is 3. The molecule has 5 rings (SSSR count). The minimum Gasteiger partial charge on any atom is -0.395 e. The van der Waals surface area contributed by atoms with Gasteiger partial charge < -0.3 is 5.11 Å². The normalized spacial score (nSPS) is 11.5. The van der Waals surface area contributed by atoms with E-state index in [1.54, 1.807) is 0 Å². The molecule has 10 heteroatoms. The van der Waals surface area contributed by atoms with Crippen LogP contribution >= 0.6 is 11.3 Å². The van der Waals surface area contributed by atoms with E-state index in [0.29, 0.717) is 36.3 Å². The molecule has 5 aromatic rings. The van der Waals surface area contributed by atoms with Crippen molar-refractivity contribution in [2.24, 2.45) is 0 Å². The number of carbonyl (C=O) groups is 1. The largest absolute Gasteiger partial charge is 0.395 e. The van der Waals surface area contributed by atoms with E-state index in [1.165, 1.54) is 22.0 Å². The lowest BCUT2D eigenvalue weighted by Gasteiger charge is -2.18. The SMILES string of the molecule is CCC(=O)Cc1ccc(-c2sc3c(c2CN(C)Cc2ccccc2)c(=O)n(CCO)c(=O)n3Cc2c(F)cccc2F)cc1. The van der Waals surface area contributed by atoms with Gasteiger partial charge in [0.15, 0.2) is 0 Å². The van der Waals surface area contributed by atoms with Gasteiger partial charge in [0.05, 0.1) is 25.1 Å². The lowest BCUT2D eigenvalue weighted by molar-refractivity contribution is -0.118. The third kappa shape index (κ3) is 6.47. The molecule has 0 saturated heterocycles. The molecular weight excluding hydrogens is 584 g/mol. The molecule has 2 heterocycles. The molecule has 44 heavy (non-hydrogen) atoms. The van der Waals surface area contributed by atoms with Crippen molar-refractivity contribution in [3.8, 4) is 10.4 Å². The fourth-order valence-corrected chi connectivity index (χ4v) is 6.63. The molecule has 0 aliphatic carbocycles. The third-order valence-electron chi connectivity index (χ3n) is 7.59. The van der Waals surface area contributed by atoms with Crippen molar-refractivity contribution < 1.29 is 18.7 Å². The van der Waals surface area contributed by atoms with Crippen LogP contribution in [0.4, 0.5) is 8.78 Å². The number of aliphatic hydroxyl groups excluding tert-OH is 1. The Morgan fingerprint density at radius 1 is 0.864 bits per heavy atom. The first-order chi connectivity index (χ1) is 21.2. The summed E-state index contributed by atoms with van der Waals surface area (Å²) < 4.78 is 31.7. The molecule has 7 nitrogen and oxygen atoms in total. The Kier molecular flexibility index (Phi) is 9.63. The van der Waals surface area contributed by atoms with Crippen LogP contribution in [0.3, 0.4) is 0 Å². The van der Waals surface area contributed by atoms with Crippen molar-refractivity contribution in [2.75, 3.05) is 13.7 Å². The van der Waals surface area contributed by atoms with Gasteiger partial charge in [-0.05, 0) is 41.4 Å². The fourth-order valence-electron chi connectivity index (χ4n) is 5.33. The quantitative estimate of drug-likeness (QED) is 0.204. The molecule has 0 fully saturated rings. The predicted molar refractivity (Wildman–Crippen MR) is 169 cm³/mol. The van der Waals surface area contributed by atoms with Gasteiger partial charge in [-0.25, -0.2) is 13.6 Å². The van der Waals surface area contributed by atoms with Crippen LogP contribution in [0.25, 0.3) is 20.7 Å². The van der Waals surface area contributed by atoms with Gasteiger partial charge in [-0.3, -0.25) is 23.6 Å². The zero-order valence-electron chi connectivity index (χ0n) is 24.6. The molecule has 0 bridgehead atoms. The Labute approximate surface area is 257 Å². The highest BCUT2D eigenvalue weighted by molar-refractivity contribution is 7.22. The van der Waals surface area contributed by atoms with E-state index in [-0.39, 0.29) is 23.3 Å². The van der Waals surface area contributed by atoms with Gasteiger partial charge in [-0.2, -0.15) is 0 Å². The molecule has 0 spiro atoms. The van der Waals surface area contributed by atoms with E-state index in [4.69, 9.17) is 0 Å². The van der Waals surface area contributed by atoms with Crippen molar-refractivity contribution in [3.05, 3.63) is 128 Å². The predicted octanol–water partition coefficient (Wildman–Crippen LogP) is 5.36. The number of rotatable bonds is 12. The summed E-state index contributed by atoms with van der Waals surface area (Å²) in [4.78, 5) is 42.7. The van der Waals surface area contributed by atoms with Crippen molar-refractivity contribution in [1.82, 2.24) is 14.0 Å². The number of halogens is 2. The number of aliphatic hydroxyl groups is 1. The van der Waals surface area contributed by atoms with Crippen LogP contribution < -0.4 is 11.2 Å². The Bertz CT molecular complexity index is 1890. The molecule has 228 valence electrons. The van der Waals surface area contributed by atoms with Crippen molar-refractivity contribution >= 4 is 27.3 Å². The van der Waals surface area contributed by atoms with E-state index < -0.39 is 36.0 Å². The van der Waals surface area contributed by atoms with Crippen LogP contribution in [0, 0.1) is 11.6 Å². The van der Waals surface area contributed by atoms with Crippen molar-refractivity contribution in [2.45, 2.75) is 45.9 Å². The number of hydrogen-bond acceptors (Lipinski definition) is 6. The van der Waals surface area contributed by atoms with E-state index in [1.807, 2.05) is 68.6 Å². The van der Waals surface area contributed by atoms with Gasteiger partial charge in [0.2, 0.25) is 0 Å². The highest BCUT2D eigenvalue weighted by Crippen LogP contribution is 2.38. The zero-order chi connectivity index (χ0) is 31.4. The molecule has 1 N–H and O–H groups in total. The summed E-state index contributed by atoms with van der Waals surface area (Å²) in [7, 11) is 1.93. The minimum atomic E-state index is -0.804. The van der Waals surface area contributed by atoms with Crippen molar-refractivity contribution in [3.63, 3.8) is 0 Å². The molecule has 0 radical (unpaired) electrons. The number of hydrogen-bond donors (Lipinski definition) is 1. The summed E-state index contributed by atoms with van der Waals surface area (Å²) in [5.74, 6) is -1.49. The van der Waals surface area contributed by atoms with Gasteiger partial charge in [-0.15, -0.1) is 11.3 Å². The molecule has 2 aromatic heterocycles. The van der Waals surface area contributed by atoms with Gasteiger partial charge >= 0.3 is 5.69 Å². The summed E-state index contributed by atoms with van der Waals surface area (Å²) in [5, 5.41) is 9.98. The number of benzene rings is 3. The smallest absolute Gasteiger partial charge is 0.332 e. The number of aromatic nitrogens is 2. The maximum atomic E-state index is 14.8. The van der Waals surface area contributed by atoms with Gasteiger partial charge in [0.1, 0.15) is 22.2 Å². The second-order valence-corrected chi connectivity index (χ2v) is 11.8. The van der Waals surface area contributed by atoms with E-state index >= 15 is 0 Å². The summed E-state index contributed by atoms with van der Waals surface area (Å²) in [6.45, 7) is 1.58. The minimum absolute atomic E-state index is 0.122. The standard InChI is InChI=1S/C34H33F2N3O4S/c1-3-25(41)18-22-12-14-24(15-13-22)31-27(20-37(2)19-23-8-5-4-6-9-23)30-32(42)38(16-17-40)34(43)39(33(30)44-31)21-26-28(35)10-7-11-29(26)36/h4-15,40H,3,16-21H2,1-2H3. The van der Waals surface area contributed by atoms with Gasteiger partial charge in [0.25, 0.3) is 5.56 Å². The van der Waals surface area contributed by atoms with Crippen LogP contribution in [0.2, 0.25) is 0 Å². The van der Waals surface area contributed by atoms with Crippen molar-refractivity contribution in [1.29, 1.82) is 0 Å². The number of thiophene rings is 1. The Hall–Kier alpha value is -4.25. The summed E-state index contributed by atoms with van der Waals surface area (Å²) >= 11 is 1.21. The Morgan fingerprint density at radius 3 is 2.18 bits per heavy atom. The molecule has 0 aliphatic heterocycles. The molecule has 0 saturated carbocycles. The topological polar surface area (TPSA) is 84.5 Å². The van der Waals surface area contributed by atoms with Crippen LogP contribution in [0.5, 0.6) is 0 Å². The van der Waals surface area contributed by atoms with Gasteiger partial charge in [-0.1, -0.05) is 67.6 Å². The summed E-state index contributed by atoms with van der Waals surface area (Å²) in [5.41, 5.74) is 1.76. The summed E-state index contributed by atoms with van der Waals surface area (Å²) in [6.07, 6.45) is 0.756. The molecule has 0 atom stereocenters. The Morgan fingerprint density at radius 2 is 1.55 bits per heavy atom. The maximum Gasteiger partial charge on any atom is 0.332 e. The van der Waals surface area contributed by atoms with Gasteiger partial charge in [0, 0.05) is 36.4 Å². The first-order valence-electron chi connectivity index (χ1n) is 14.4. The highest BCUT2D eigenvalue weighted by Gasteiger charge is 2.25. The zero-order valence-corrected chi connectivity index (χ0v) is 25.4. The van der Waals surface area contributed by atoms with E-state index in [0.717, 1.165) is 38.3 Å². The monoisotopic (exact) mass is 617 g/mol. The van der Waals surface area contributed by atoms with Crippen LogP contribution in [0.15, 0.2) is 82.4 Å². The Balaban J connectivity index is 1.72. The molecule has 3 aromatic carbocycles. The highest BCUT2D eigenvalue weighted by atomic mass is 32.1. The average Bonchev–Trinajstić information content (AvgIpc) is 3.38. The number of carbonyl (C=O) groups excluding carboxylic acids is 1. The second-order valence-electron chi connectivity index (χ2n) is 10.8. The second kappa shape index (κ2) is 13.6. The van der Waals surface area contributed by atoms with E-state index in [2.05, 4.69) is 4.90 Å². The molecule has 0 aliphatic rings. The van der Waals surface area contributed by atoms with Crippen LogP contribution in [-0.4, -0.2) is 38.6 Å². The number of Topliss-reactive ketones (excluding diaryl/α,β-unsaturated/α-hetero) is 1. The van der Waals surface area contributed by atoms with E-state index in [9.17, 15) is 28.3 Å². The first kappa shape index (κ1) is 31.2. The molecular formula is C34H33F2N3O4S. The lowest BCUT2D eigenvalue weighted by Crippen LogP contribution is -2.41. The number of ketones is 1. The molecule has 0 unspecified atom stereocenters. The number of fused-ring (bicyclic) bond motifs is 1. The maximum absolute atomic E-state index is 14.8. The van der Waals surface area contributed by atoms with Crippen LogP contribution in [0.1, 0.15) is 35.6 Å². The first-order valence-corrected chi connectivity index (χ1v) is 15.2. The molecule has 0 amide bonds. The lowest BCUT2D eigenvalue weighted by atomic mass is 10.0. The fraction of sp³-hybridized carbons (Fsp3) is 0.265. The summed E-state index contributed by atoms with van der Waals surface area (Å²) in [6, 6.07) is 20.9. The van der Waals surface area contributed by atoms with Crippen LogP contribution in [-0.2, 0) is 37.4 Å². The average molecular weight is 618 g/mol.